The van der Waals surface area contributed by atoms with Crippen molar-refractivity contribution in [1.82, 2.24) is 15.2 Å². The molecule has 0 unspecified atom stereocenters. The first-order valence-electron chi connectivity index (χ1n) is 12.8. The lowest BCUT2D eigenvalue weighted by molar-refractivity contribution is 0.0948. The third-order valence-electron chi connectivity index (χ3n) is 6.72. The minimum atomic E-state index is -3.75. The van der Waals surface area contributed by atoms with Gasteiger partial charge in [0.25, 0.3) is 15.9 Å². The summed E-state index contributed by atoms with van der Waals surface area (Å²) >= 11 is 1.67. The van der Waals surface area contributed by atoms with E-state index in [-0.39, 0.29) is 10.8 Å². The maximum atomic E-state index is 12.6. The largest absolute Gasteiger partial charge is 0.497 e. The van der Waals surface area contributed by atoms with Gasteiger partial charge in [-0.05, 0) is 60.7 Å². The number of sulfonamides is 1. The zero-order valence-electron chi connectivity index (χ0n) is 22.3. The lowest BCUT2D eigenvalue weighted by Gasteiger charge is -2.34. The van der Waals surface area contributed by atoms with Gasteiger partial charge in [-0.15, -0.1) is 0 Å². The van der Waals surface area contributed by atoms with Gasteiger partial charge in [0.15, 0.2) is 5.13 Å². The lowest BCUT2D eigenvalue weighted by atomic mass is 10.2. The van der Waals surface area contributed by atoms with E-state index in [1.165, 1.54) is 19.2 Å². The van der Waals surface area contributed by atoms with Crippen molar-refractivity contribution < 1.29 is 22.7 Å². The average molecular weight is 582 g/mol. The Balaban J connectivity index is 1.07. The molecule has 0 radical (unpaired) electrons. The standard InChI is InChI=1S/C28H31N5O5S2/c1-37-22-10-12-23(13-11-22)40(35,36)31-21-8-6-20(7-9-21)27(34)29-14-15-32-16-18-33(19-17-32)28-30-26-24(38-2)4-3-5-25(26)39-28/h3-13,31H,14-19H2,1-2H3,(H,29,34). The molecule has 5 rings (SSSR count). The normalized spacial score (nSPS) is 14.2. The van der Waals surface area contributed by atoms with Crippen molar-refractivity contribution in [3.63, 3.8) is 0 Å². The zero-order chi connectivity index (χ0) is 28.1. The van der Waals surface area contributed by atoms with Gasteiger partial charge in [-0.1, -0.05) is 17.4 Å². The van der Waals surface area contributed by atoms with Crippen molar-refractivity contribution in [1.29, 1.82) is 0 Å². The number of methoxy groups -OCH3 is 2. The fraction of sp³-hybridized carbons (Fsp3) is 0.286. The van der Waals surface area contributed by atoms with Crippen molar-refractivity contribution in [3.8, 4) is 11.5 Å². The Kier molecular flexibility index (Phi) is 8.38. The molecule has 1 saturated heterocycles. The number of carbonyl (C=O) groups is 1. The van der Waals surface area contributed by atoms with Crippen molar-refractivity contribution in [2.24, 2.45) is 0 Å². The topological polar surface area (TPSA) is 113 Å². The van der Waals surface area contributed by atoms with E-state index in [1.54, 1.807) is 54.8 Å². The molecule has 0 aliphatic carbocycles. The summed E-state index contributed by atoms with van der Waals surface area (Å²) in [5.41, 5.74) is 1.73. The number of thiazole rings is 1. The predicted molar refractivity (Wildman–Crippen MR) is 157 cm³/mol. The summed E-state index contributed by atoms with van der Waals surface area (Å²) in [6.07, 6.45) is 0. The maximum absolute atomic E-state index is 12.6. The molecule has 0 atom stereocenters. The number of rotatable bonds is 10. The van der Waals surface area contributed by atoms with E-state index in [9.17, 15) is 13.2 Å². The molecule has 0 bridgehead atoms. The zero-order valence-corrected chi connectivity index (χ0v) is 23.9. The second-order valence-corrected chi connectivity index (χ2v) is 11.9. The Bertz CT molecular complexity index is 1570. The number of nitrogens with one attached hydrogen (secondary N) is 2. The van der Waals surface area contributed by atoms with E-state index in [2.05, 4.69) is 25.9 Å². The van der Waals surface area contributed by atoms with Gasteiger partial charge in [0.2, 0.25) is 0 Å². The summed E-state index contributed by atoms with van der Waals surface area (Å²) in [4.78, 5) is 22.2. The second kappa shape index (κ2) is 12.1. The molecule has 0 spiro atoms. The quantitative estimate of drug-likeness (QED) is 0.292. The molecular formula is C28H31N5O5S2. The highest BCUT2D eigenvalue weighted by Crippen LogP contribution is 2.34. The molecule has 1 amide bonds. The van der Waals surface area contributed by atoms with Crippen LogP contribution in [0.3, 0.4) is 0 Å². The molecule has 1 aliphatic rings. The molecule has 12 heteroatoms. The van der Waals surface area contributed by atoms with Gasteiger partial charge in [0.05, 0.1) is 23.8 Å². The number of para-hydroxylation sites is 1. The summed E-state index contributed by atoms with van der Waals surface area (Å²) < 4.78 is 39.4. The fourth-order valence-electron chi connectivity index (χ4n) is 4.46. The summed E-state index contributed by atoms with van der Waals surface area (Å²) in [5, 5.41) is 3.96. The van der Waals surface area contributed by atoms with E-state index in [0.717, 1.165) is 53.8 Å². The van der Waals surface area contributed by atoms with Crippen LogP contribution >= 0.6 is 11.3 Å². The van der Waals surface area contributed by atoms with E-state index in [0.29, 0.717) is 23.5 Å². The molecule has 0 saturated carbocycles. The third kappa shape index (κ3) is 6.30. The number of piperazine rings is 1. The number of benzene rings is 3. The van der Waals surface area contributed by atoms with Crippen LogP contribution in [0.15, 0.2) is 71.6 Å². The Morgan fingerprint density at radius 3 is 2.35 bits per heavy atom. The molecule has 210 valence electrons. The van der Waals surface area contributed by atoms with Crippen LogP contribution in [0.1, 0.15) is 10.4 Å². The van der Waals surface area contributed by atoms with Crippen LogP contribution < -0.4 is 24.4 Å². The number of nitrogens with zero attached hydrogens (tertiary/aromatic N) is 3. The molecule has 1 aliphatic heterocycles. The number of hydrogen-bond donors (Lipinski definition) is 2. The molecular weight excluding hydrogens is 550 g/mol. The Morgan fingerprint density at radius 1 is 0.950 bits per heavy atom. The number of anilines is 2. The van der Waals surface area contributed by atoms with Crippen LogP contribution in [0.4, 0.5) is 10.8 Å². The lowest BCUT2D eigenvalue weighted by Crippen LogP contribution is -2.48. The second-order valence-electron chi connectivity index (χ2n) is 9.25. The van der Waals surface area contributed by atoms with Crippen LogP contribution in [0.2, 0.25) is 0 Å². The molecule has 1 aromatic heterocycles. The van der Waals surface area contributed by atoms with Gasteiger partial charge in [-0.2, -0.15) is 0 Å². The number of fused-ring (bicyclic) bond motifs is 1. The van der Waals surface area contributed by atoms with Crippen LogP contribution in [0, 0.1) is 0 Å². The SMILES string of the molecule is COc1ccc(S(=O)(=O)Nc2ccc(C(=O)NCCN3CCN(c4nc5c(OC)cccc5s4)CC3)cc2)cc1. The highest BCUT2D eigenvalue weighted by atomic mass is 32.2. The number of ether oxygens (including phenoxy) is 2. The van der Waals surface area contributed by atoms with Gasteiger partial charge in [0, 0.05) is 50.5 Å². The van der Waals surface area contributed by atoms with Crippen LogP contribution in [0.25, 0.3) is 10.2 Å². The smallest absolute Gasteiger partial charge is 0.261 e. The fourth-order valence-corrected chi connectivity index (χ4v) is 6.56. The van der Waals surface area contributed by atoms with Gasteiger partial charge in [-0.3, -0.25) is 14.4 Å². The van der Waals surface area contributed by atoms with E-state index < -0.39 is 10.0 Å². The Hall–Kier alpha value is -3.87. The molecule has 10 nitrogen and oxygen atoms in total. The summed E-state index contributed by atoms with van der Waals surface area (Å²) in [5.74, 6) is 1.16. The molecule has 40 heavy (non-hydrogen) atoms. The maximum Gasteiger partial charge on any atom is 0.261 e. The summed E-state index contributed by atoms with van der Waals surface area (Å²) in [6, 6.07) is 18.5. The van der Waals surface area contributed by atoms with E-state index >= 15 is 0 Å². The molecule has 1 fully saturated rings. The number of aromatic nitrogens is 1. The molecule has 2 N–H and O–H groups in total. The highest BCUT2D eigenvalue weighted by molar-refractivity contribution is 7.92. The van der Waals surface area contributed by atoms with Crippen molar-refractivity contribution in [3.05, 3.63) is 72.3 Å². The number of hydrogen-bond acceptors (Lipinski definition) is 9. The van der Waals surface area contributed by atoms with E-state index in [1.807, 2.05) is 12.1 Å². The van der Waals surface area contributed by atoms with E-state index in [4.69, 9.17) is 14.5 Å². The van der Waals surface area contributed by atoms with Crippen molar-refractivity contribution in [2.75, 3.05) is 63.1 Å². The van der Waals surface area contributed by atoms with Gasteiger partial charge in [0.1, 0.15) is 17.0 Å². The predicted octanol–water partition coefficient (Wildman–Crippen LogP) is 3.67. The Morgan fingerprint density at radius 2 is 1.68 bits per heavy atom. The van der Waals surface area contributed by atoms with Gasteiger partial charge >= 0.3 is 0 Å². The van der Waals surface area contributed by atoms with Gasteiger partial charge < -0.3 is 19.7 Å². The van der Waals surface area contributed by atoms with Gasteiger partial charge in [-0.25, -0.2) is 13.4 Å². The molecule has 3 aromatic carbocycles. The first-order chi connectivity index (χ1) is 19.4. The molecule has 4 aromatic rings. The Labute approximate surface area is 237 Å². The van der Waals surface area contributed by atoms with Crippen molar-refractivity contribution >= 4 is 48.3 Å². The highest BCUT2D eigenvalue weighted by Gasteiger charge is 2.21. The van der Waals surface area contributed by atoms with Crippen molar-refractivity contribution in [2.45, 2.75) is 4.90 Å². The van der Waals surface area contributed by atoms with Crippen LogP contribution in [-0.4, -0.2) is 77.7 Å². The minimum Gasteiger partial charge on any atom is -0.497 e. The molecule has 2 heterocycles. The summed E-state index contributed by atoms with van der Waals surface area (Å²) in [7, 11) is -0.574. The minimum absolute atomic E-state index is 0.122. The monoisotopic (exact) mass is 581 g/mol. The first-order valence-corrected chi connectivity index (χ1v) is 15.1. The first kappa shape index (κ1) is 27.7. The van der Waals surface area contributed by atoms with Crippen LogP contribution in [-0.2, 0) is 10.0 Å². The third-order valence-corrected chi connectivity index (χ3v) is 9.19. The summed E-state index contributed by atoms with van der Waals surface area (Å²) in [6.45, 7) is 4.75. The van der Waals surface area contributed by atoms with Crippen LogP contribution in [0.5, 0.6) is 11.5 Å². The number of carbonyl (C=O) groups excluding carboxylic acids is 1. The average Bonchev–Trinajstić information content (AvgIpc) is 3.42. The number of amides is 1.